The maximum atomic E-state index is 12.8. The van der Waals surface area contributed by atoms with E-state index in [4.69, 9.17) is 16.3 Å². The van der Waals surface area contributed by atoms with Crippen LogP contribution >= 0.6 is 11.6 Å². The van der Waals surface area contributed by atoms with Gasteiger partial charge in [-0.3, -0.25) is 9.69 Å². The number of ether oxygens (including phenoxy) is 1. The molecule has 1 fully saturated rings. The Morgan fingerprint density at radius 3 is 2.52 bits per heavy atom. The minimum atomic E-state index is -4.56. The second-order valence-corrected chi connectivity index (χ2v) is 6.10. The first kappa shape index (κ1) is 18.0. The summed E-state index contributed by atoms with van der Waals surface area (Å²) in [7, 11) is 0. The van der Waals surface area contributed by atoms with Crippen LogP contribution in [0.2, 0.25) is 5.02 Å². The topological polar surface area (TPSA) is 41.6 Å². The lowest BCUT2D eigenvalue weighted by Gasteiger charge is -2.34. The van der Waals surface area contributed by atoms with Crippen LogP contribution in [0.3, 0.4) is 0 Å². The van der Waals surface area contributed by atoms with Gasteiger partial charge in [-0.2, -0.15) is 13.2 Å². The number of morpholine rings is 1. The van der Waals surface area contributed by atoms with Crippen molar-refractivity contribution >= 4 is 23.2 Å². The molecule has 1 aliphatic heterocycles. The van der Waals surface area contributed by atoms with E-state index in [1.54, 1.807) is 0 Å². The SMILES string of the molecule is C[C@@H]1CN(CC(=O)Nc2ccc(Cl)c(C(F)(F)F)c2)C[C@@H](C)O1. The summed E-state index contributed by atoms with van der Waals surface area (Å²) >= 11 is 5.55. The minimum absolute atomic E-state index is 0.0129. The lowest BCUT2D eigenvalue weighted by Crippen LogP contribution is -2.48. The number of carbonyl (C=O) groups excluding carboxylic acids is 1. The number of rotatable bonds is 3. The van der Waals surface area contributed by atoms with E-state index < -0.39 is 16.8 Å². The van der Waals surface area contributed by atoms with Crippen LogP contribution in [0.5, 0.6) is 0 Å². The number of nitrogens with zero attached hydrogens (tertiary/aromatic N) is 1. The number of hydrogen-bond donors (Lipinski definition) is 1. The van der Waals surface area contributed by atoms with Crippen molar-refractivity contribution in [1.29, 1.82) is 0 Å². The molecule has 1 N–H and O–H groups in total. The lowest BCUT2D eigenvalue weighted by atomic mass is 10.2. The largest absolute Gasteiger partial charge is 0.417 e. The summed E-state index contributed by atoms with van der Waals surface area (Å²) < 4.78 is 44.0. The zero-order valence-corrected chi connectivity index (χ0v) is 13.5. The summed E-state index contributed by atoms with van der Waals surface area (Å²) in [6.07, 6.45) is -4.54. The molecular formula is C15H18ClF3N2O2. The van der Waals surface area contributed by atoms with Gasteiger partial charge in [0.15, 0.2) is 0 Å². The molecule has 0 spiro atoms. The molecule has 8 heteroatoms. The van der Waals surface area contributed by atoms with Gasteiger partial charge in [0.1, 0.15) is 0 Å². The average molecular weight is 351 g/mol. The smallest absolute Gasteiger partial charge is 0.373 e. The second-order valence-electron chi connectivity index (χ2n) is 5.69. The van der Waals surface area contributed by atoms with Gasteiger partial charge in [-0.1, -0.05) is 11.6 Å². The van der Waals surface area contributed by atoms with E-state index >= 15 is 0 Å². The number of halogens is 4. The molecule has 4 nitrogen and oxygen atoms in total. The van der Waals surface area contributed by atoms with Gasteiger partial charge in [0.05, 0.1) is 29.3 Å². The monoisotopic (exact) mass is 350 g/mol. The lowest BCUT2D eigenvalue weighted by molar-refractivity contribution is -0.137. The standard InChI is InChI=1S/C15H18ClF3N2O2/c1-9-6-21(7-10(2)23-9)8-14(22)20-11-3-4-13(16)12(5-11)15(17,18)19/h3-5,9-10H,6-8H2,1-2H3,(H,20,22)/t9-,10-/m1/s1. The fraction of sp³-hybridized carbons (Fsp3) is 0.533. The van der Waals surface area contributed by atoms with Gasteiger partial charge < -0.3 is 10.1 Å². The van der Waals surface area contributed by atoms with Crippen LogP contribution in [-0.2, 0) is 15.7 Å². The normalized spacial score (nSPS) is 22.9. The molecule has 2 rings (SSSR count). The van der Waals surface area contributed by atoms with E-state index in [9.17, 15) is 18.0 Å². The summed E-state index contributed by atoms with van der Waals surface area (Å²) in [5, 5.41) is 2.08. The molecule has 1 aliphatic rings. The Kier molecular flexibility index (Phi) is 5.54. The minimum Gasteiger partial charge on any atom is -0.373 e. The molecule has 1 amide bonds. The molecule has 0 radical (unpaired) electrons. The molecule has 1 aromatic rings. The molecule has 0 bridgehead atoms. The average Bonchev–Trinajstić information content (AvgIpc) is 2.38. The Morgan fingerprint density at radius 1 is 1.35 bits per heavy atom. The first-order chi connectivity index (χ1) is 10.6. The second kappa shape index (κ2) is 7.07. The molecule has 0 aliphatic carbocycles. The number of benzene rings is 1. The van der Waals surface area contributed by atoms with E-state index in [0.717, 1.165) is 12.1 Å². The van der Waals surface area contributed by atoms with E-state index in [-0.39, 0.29) is 30.3 Å². The number of anilines is 1. The van der Waals surface area contributed by atoms with Crippen molar-refractivity contribution < 1.29 is 22.7 Å². The van der Waals surface area contributed by atoms with Gasteiger partial charge in [-0.25, -0.2) is 0 Å². The molecule has 0 saturated carbocycles. The highest BCUT2D eigenvalue weighted by Gasteiger charge is 2.33. The number of hydrogen-bond acceptors (Lipinski definition) is 3. The van der Waals surface area contributed by atoms with E-state index in [1.807, 2.05) is 18.7 Å². The van der Waals surface area contributed by atoms with Crippen LogP contribution in [0, 0.1) is 0 Å². The van der Waals surface area contributed by atoms with Crippen LogP contribution in [0.1, 0.15) is 19.4 Å². The van der Waals surface area contributed by atoms with Gasteiger partial charge >= 0.3 is 6.18 Å². The number of nitrogens with one attached hydrogen (secondary N) is 1. The number of carbonyl (C=O) groups is 1. The first-order valence-electron chi connectivity index (χ1n) is 7.19. The number of alkyl halides is 3. The van der Waals surface area contributed by atoms with Crippen LogP contribution in [0.25, 0.3) is 0 Å². The maximum absolute atomic E-state index is 12.8. The van der Waals surface area contributed by atoms with Crippen molar-refractivity contribution in [1.82, 2.24) is 4.90 Å². The molecule has 1 heterocycles. The molecule has 128 valence electrons. The van der Waals surface area contributed by atoms with Crippen molar-refractivity contribution in [2.45, 2.75) is 32.2 Å². The highest BCUT2D eigenvalue weighted by molar-refractivity contribution is 6.31. The maximum Gasteiger partial charge on any atom is 0.417 e. The quantitative estimate of drug-likeness (QED) is 0.908. The van der Waals surface area contributed by atoms with Crippen LogP contribution in [0.15, 0.2) is 18.2 Å². The van der Waals surface area contributed by atoms with Gasteiger partial charge in [-0.05, 0) is 32.0 Å². The molecule has 0 aromatic heterocycles. The molecule has 23 heavy (non-hydrogen) atoms. The van der Waals surface area contributed by atoms with Crippen LogP contribution in [0.4, 0.5) is 18.9 Å². The molecule has 0 unspecified atom stereocenters. The summed E-state index contributed by atoms with van der Waals surface area (Å²) in [6.45, 7) is 5.13. The third-order valence-electron chi connectivity index (χ3n) is 3.42. The molecular weight excluding hydrogens is 333 g/mol. The van der Waals surface area contributed by atoms with E-state index in [0.29, 0.717) is 13.1 Å². The summed E-state index contributed by atoms with van der Waals surface area (Å²) in [6, 6.07) is 3.31. The van der Waals surface area contributed by atoms with Crippen molar-refractivity contribution in [3.8, 4) is 0 Å². The summed E-state index contributed by atoms with van der Waals surface area (Å²) in [4.78, 5) is 13.9. The Bertz CT molecular complexity index is 570. The summed E-state index contributed by atoms with van der Waals surface area (Å²) in [5.41, 5.74) is -0.897. The van der Waals surface area contributed by atoms with Crippen LogP contribution in [-0.4, -0.2) is 42.6 Å². The zero-order valence-electron chi connectivity index (χ0n) is 12.8. The Balaban J connectivity index is 2.00. The molecule has 1 saturated heterocycles. The van der Waals surface area contributed by atoms with E-state index in [1.165, 1.54) is 6.07 Å². The predicted octanol–water partition coefficient (Wildman–Crippen LogP) is 3.41. The number of amides is 1. The van der Waals surface area contributed by atoms with Crippen molar-refractivity contribution in [2.75, 3.05) is 25.0 Å². The van der Waals surface area contributed by atoms with Gasteiger partial charge in [0.2, 0.25) is 5.91 Å². The van der Waals surface area contributed by atoms with Crippen molar-refractivity contribution in [3.05, 3.63) is 28.8 Å². The fourth-order valence-corrected chi connectivity index (χ4v) is 2.86. The van der Waals surface area contributed by atoms with Crippen molar-refractivity contribution in [2.24, 2.45) is 0 Å². The Labute approximate surface area is 137 Å². The van der Waals surface area contributed by atoms with Gasteiger partial charge in [0.25, 0.3) is 0 Å². The first-order valence-corrected chi connectivity index (χ1v) is 7.57. The van der Waals surface area contributed by atoms with Crippen molar-refractivity contribution in [3.63, 3.8) is 0 Å². The van der Waals surface area contributed by atoms with Crippen LogP contribution < -0.4 is 5.32 Å². The Morgan fingerprint density at radius 2 is 1.96 bits per heavy atom. The Hall–Kier alpha value is -1.31. The third-order valence-corrected chi connectivity index (χ3v) is 3.75. The molecule has 2 atom stereocenters. The fourth-order valence-electron chi connectivity index (χ4n) is 2.64. The highest BCUT2D eigenvalue weighted by atomic mass is 35.5. The molecule has 1 aromatic carbocycles. The third kappa shape index (κ3) is 5.09. The van der Waals surface area contributed by atoms with E-state index in [2.05, 4.69) is 5.32 Å². The van der Waals surface area contributed by atoms with Gasteiger partial charge in [-0.15, -0.1) is 0 Å². The predicted molar refractivity (Wildman–Crippen MR) is 81.5 cm³/mol. The summed E-state index contributed by atoms with van der Waals surface area (Å²) in [5.74, 6) is -0.373. The zero-order chi connectivity index (χ0) is 17.2. The highest BCUT2D eigenvalue weighted by Crippen LogP contribution is 2.36. The van der Waals surface area contributed by atoms with Gasteiger partial charge in [0, 0.05) is 18.8 Å².